The first-order chi connectivity index (χ1) is 13.8. The first kappa shape index (κ1) is 21.0. The summed E-state index contributed by atoms with van der Waals surface area (Å²) >= 11 is 0. The van der Waals surface area contributed by atoms with Crippen LogP contribution in [-0.4, -0.2) is 58.8 Å². The lowest BCUT2D eigenvalue weighted by Gasteiger charge is -2.14. The summed E-state index contributed by atoms with van der Waals surface area (Å²) in [5.41, 5.74) is 1.07. The molecule has 0 bridgehead atoms. The van der Waals surface area contributed by atoms with E-state index in [-0.39, 0.29) is 10.6 Å². The second-order valence-corrected chi connectivity index (χ2v) is 8.62. The van der Waals surface area contributed by atoms with Crippen molar-refractivity contribution in [2.24, 2.45) is 0 Å². The van der Waals surface area contributed by atoms with E-state index < -0.39 is 10.0 Å². The van der Waals surface area contributed by atoms with Crippen molar-refractivity contribution in [2.45, 2.75) is 11.8 Å². The van der Waals surface area contributed by atoms with Crippen LogP contribution in [0.4, 0.5) is 0 Å². The van der Waals surface area contributed by atoms with Crippen molar-refractivity contribution >= 4 is 20.9 Å². The number of methoxy groups -OCH3 is 2. The number of benzene rings is 2. The zero-order chi connectivity index (χ0) is 21.2. The molecule has 8 heteroatoms. The molecule has 0 atom stereocenters. The molecular weight excluding hydrogens is 392 g/mol. The van der Waals surface area contributed by atoms with Crippen LogP contribution < -0.4 is 14.2 Å². The molecule has 0 unspecified atom stereocenters. The van der Waals surface area contributed by atoms with Gasteiger partial charge in [0.05, 0.1) is 25.4 Å². The van der Waals surface area contributed by atoms with Crippen LogP contribution in [0.1, 0.15) is 5.69 Å². The van der Waals surface area contributed by atoms with E-state index in [0.29, 0.717) is 29.3 Å². The average Bonchev–Trinajstić information content (AvgIpc) is 2.99. The highest BCUT2D eigenvalue weighted by Crippen LogP contribution is 2.38. The molecule has 0 aliphatic carbocycles. The Morgan fingerprint density at radius 3 is 2.41 bits per heavy atom. The van der Waals surface area contributed by atoms with Crippen LogP contribution in [0.5, 0.6) is 17.2 Å². The molecule has 1 heterocycles. The Morgan fingerprint density at radius 2 is 1.76 bits per heavy atom. The average molecular weight is 419 g/mol. The Labute approximate surface area is 171 Å². The van der Waals surface area contributed by atoms with E-state index in [1.807, 2.05) is 37.2 Å². The van der Waals surface area contributed by atoms with E-state index in [0.717, 1.165) is 11.9 Å². The van der Waals surface area contributed by atoms with Gasteiger partial charge in [0.2, 0.25) is 0 Å². The number of hydrogen-bond donors (Lipinski definition) is 0. The van der Waals surface area contributed by atoms with Crippen molar-refractivity contribution < 1.29 is 22.6 Å². The summed E-state index contributed by atoms with van der Waals surface area (Å²) in [5, 5.41) is 0.750. The fourth-order valence-electron chi connectivity index (χ4n) is 3.22. The molecule has 0 saturated carbocycles. The summed E-state index contributed by atoms with van der Waals surface area (Å²) in [6, 6.07) is 12.0. The van der Waals surface area contributed by atoms with Crippen molar-refractivity contribution in [2.75, 3.05) is 41.5 Å². The second-order valence-electron chi connectivity index (χ2n) is 6.87. The van der Waals surface area contributed by atoms with Gasteiger partial charge >= 0.3 is 0 Å². The number of ether oxygens (including phenoxy) is 3. The van der Waals surface area contributed by atoms with E-state index >= 15 is 0 Å². The molecule has 7 nitrogen and oxygen atoms in total. The molecule has 3 rings (SSSR count). The first-order valence-electron chi connectivity index (χ1n) is 9.16. The van der Waals surface area contributed by atoms with Gasteiger partial charge in [-0.1, -0.05) is 12.1 Å². The fraction of sp³-hybridized carbons (Fsp3) is 0.333. The lowest BCUT2D eigenvalue weighted by Crippen LogP contribution is -2.20. The third-order valence-electron chi connectivity index (χ3n) is 4.67. The van der Waals surface area contributed by atoms with Crippen LogP contribution in [0.3, 0.4) is 0 Å². The Hall–Kier alpha value is -2.71. The van der Waals surface area contributed by atoms with Gasteiger partial charge in [-0.3, -0.25) is 0 Å². The predicted molar refractivity (Wildman–Crippen MR) is 113 cm³/mol. The number of nitrogens with zero attached hydrogens (tertiary/aromatic N) is 2. The standard InChI is InChI=1S/C21H26N2O5S/c1-15-21(28-13-12-22(2)3)17-8-6-7-9-18(17)23(15)29(24,25)20-11-10-16(26-4)14-19(20)27-5/h6-11,14H,12-13H2,1-5H3. The zero-order valence-electron chi connectivity index (χ0n) is 17.3. The molecule has 0 amide bonds. The molecule has 0 aliphatic heterocycles. The van der Waals surface area contributed by atoms with Crippen molar-refractivity contribution in [1.29, 1.82) is 0 Å². The molecule has 0 aliphatic rings. The molecular formula is C21H26N2O5S. The molecule has 29 heavy (non-hydrogen) atoms. The highest BCUT2D eigenvalue weighted by Gasteiger charge is 2.28. The van der Waals surface area contributed by atoms with Crippen molar-refractivity contribution in [3.05, 3.63) is 48.2 Å². The minimum atomic E-state index is -3.94. The molecule has 2 aromatic carbocycles. The van der Waals surface area contributed by atoms with Crippen LogP contribution in [0, 0.1) is 6.92 Å². The summed E-state index contributed by atoms with van der Waals surface area (Å²) < 4.78 is 45.1. The molecule has 3 aromatic rings. The number of likely N-dealkylation sites (N-methyl/N-ethyl adjacent to an activating group) is 1. The van der Waals surface area contributed by atoms with Crippen molar-refractivity contribution in [3.63, 3.8) is 0 Å². The Morgan fingerprint density at radius 1 is 1.03 bits per heavy atom. The van der Waals surface area contributed by atoms with E-state index in [1.165, 1.54) is 24.3 Å². The summed E-state index contributed by atoms with van der Waals surface area (Å²) in [7, 11) is 2.93. The van der Waals surface area contributed by atoms with Gasteiger partial charge in [0, 0.05) is 18.0 Å². The quantitative estimate of drug-likeness (QED) is 0.560. The zero-order valence-corrected chi connectivity index (χ0v) is 18.1. The molecule has 0 saturated heterocycles. The molecule has 0 radical (unpaired) electrons. The van der Waals surface area contributed by atoms with Gasteiger partial charge < -0.3 is 19.1 Å². The topological polar surface area (TPSA) is 70.0 Å². The Kier molecular flexibility index (Phi) is 6.04. The maximum Gasteiger partial charge on any atom is 0.272 e. The van der Waals surface area contributed by atoms with E-state index in [4.69, 9.17) is 14.2 Å². The van der Waals surface area contributed by atoms with Gasteiger partial charge in [-0.05, 0) is 45.3 Å². The molecule has 1 aromatic heterocycles. The fourth-order valence-corrected chi connectivity index (χ4v) is 4.91. The maximum absolute atomic E-state index is 13.6. The monoisotopic (exact) mass is 418 g/mol. The first-order valence-corrected chi connectivity index (χ1v) is 10.6. The van der Waals surface area contributed by atoms with Gasteiger partial charge in [-0.2, -0.15) is 0 Å². The summed E-state index contributed by atoms with van der Waals surface area (Å²) in [5.74, 6) is 1.30. The van der Waals surface area contributed by atoms with Gasteiger partial charge in [-0.15, -0.1) is 0 Å². The smallest absolute Gasteiger partial charge is 0.272 e. The minimum Gasteiger partial charge on any atom is -0.497 e. The molecule has 0 spiro atoms. The normalized spacial score (nSPS) is 11.8. The number of para-hydroxylation sites is 1. The number of aromatic nitrogens is 1. The van der Waals surface area contributed by atoms with Crippen LogP contribution in [0.25, 0.3) is 10.9 Å². The lowest BCUT2D eigenvalue weighted by atomic mass is 10.2. The predicted octanol–water partition coefficient (Wildman–Crippen LogP) is 3.14. The number of rotatable bonds is 8. The van der Waals surface area contributed by atoms with Crippen molar-refractivity contribution in [3.8, 4) is 17.2 Å². The van der Waals surface area contributed by atoms with Crippen LogP contribution in [-0.2, 0) is 10.0 Å². The third-order valence-corrected chi connectivity index (χ3v) is 6.52. The third kappa shape index (κ3) is 3.90. The Bertz CT molecular complexity index is 1120. The summed E-state index contributed by atoms with van der Waals surface area (Å²) in [6.07, 6.45) is 0. The molecule has 0 fully saturated rings. The maximum atomic E-state index is 13.6. The van der Waals surface area contributed by atoms with Gasteiger partial charge in [0.15, 0.2) is 0 Å². The number of hydrogen-bond acceptors (Lipinski definition) is 6. The van der Waals surface area contributed by atoms with E-state index in [1.54, 1.807) is 25.1 Å². The SMILES string of the molecule is COc1ccc(S(=O)(=O)n2c(C)c(OCCN(C)C)c3ccccc32)c(OC)c1. The van der Waals surface area contributed by atoms with Gasteiger partial charge in [0.1, 0.15) is 28.8 Å². The van der Waals surface area contributed by atoms with Crippen LogP contribution >= 0.6 is 0 Å². The van der Waals surface area contributed by atoms with E-state index in [9.17, 15) is 8.42 Å². The number of fused-ring (bicyclic) bond motifs is 1. The second kappa shape index (κ2) is 8.34. The summed E-state index contributed by atoms with van der Waals surface area (Å²) in [4.78, 5) is 2.07. The van der Waals surface area contributed by atoms with Gasteiger partial charge in [0.25, 0.3) is 10.0 Å². The molecule has 0 N–H and O–H groups in total. The summed E-state index contributed by atoms with van der Waals surface area (Å²) in [6.45, 7) is 2.92. The van der Waals surface area contributed by atoms with E-state index in [2.05, 4.69) is 0 Å². The minimum absolute atomic E-state index is 0.0597. The van der Waals surface area contributed by atoms with Gasteiger partial charge in [-0.25, -0.2) is 12.4 Å². The lowest BCUT2D eigenvalue weighted by molar-refractivity contribution is 0.262. The highest BCUT2D eigenvalue weighted by atomic mass is 32.2. The van der Waals surface area contributed by atoms with Crippen LogP contribution in [0.2, 0.25) is 0 Å². The molecule has 156 valence electrons. The highest BCUT2D eigenvalue weighted by molar-refractivity contribution is 7.90. The van der Waals surface area contributed by atoms with Crippen molar-refractivity contribution in [1.82, 2.24) is 8.87 Å². The largest absolute Gasteiger partial charge is 0.497 e. The Balaban J connectivity index is 2.18. The van der Waals surface area contributed by atoms with Crippen LogP contribution in [0.15, 0.2) is 47.4 Å².